The van der Waals surface area contributed by atoms with Gasteiger partial charge in [-0.3, -0.25) is 0 Å². The molecule has 0 aliphatic carbocycles. The summed E-state index contributed by atoms with van der Waals surface area (Å²) in [4.78, 5) is 4.44. The smallest absolute Gasteiger partial charge is 0.123 e. The second-order valence-corrected chi connectivity index (χ2v) is 7.22. The molecule has 7 heteroatoms. The number of nitrogens with two attached hydrogens (primary N) is 1. The molecule has 0 radical (unpaired) electrons. The van der Waals surface area contributed by atoms with Crippen LogP contribution in [0.4, 0.5) is 10.2 Å². The average Bonchev–Trinajstić information content (AvgIpc) is 3.04. The molecule has 1 aliphatic rings. The minimum Gasteiger partial charge on any atom is -0.384 e. The lowest BCUT2D eigenvalue weighted by atomic mass is 9.99. The van der Waals surface area contributed by atoms with Gasteiger partial charge < -0.3 is 21.1 Å². The lowest BCUT2D eigenvalue weighted by Gasteiger charge is -2.19. The first-order valence-corrected chi connectivity index (χ1v) is 9.60. The van der Waals surface area contributed by atoms with E-state index in [1.54, 1.807) is 12.1 Å². The number of nitrogens with one attached hydrogen (secondary N) is 2. The molecule has 5 nitrogen and oxygen atoms in total. The Morgan fingerprint density at radius 3 is 2.89 bits per heavy atom. The summed E-state index contributed by atoms with van der Waals surface area (Å²) in [6.07, 6.45) is 1.88. The fourth-order valence-electron chi connectivity index (χ4n) is 3.58. The number of benzene rings is 1. The molecule has 1 aromatic heterocycles. The maximum atomic E-state index is 13.1. The van der Waals surface area contributed by atoms with E-state index in [0.29, 0.717) is 18.3 Å². The minimum atomic E-state index is -0.180. The Bertz CT molecular complexity index is 726. The van der Waals surface area contributed by atoms with Crippen LogP contribution in [-0.2, 0) is 17.6 Å². The van der Waals surface area contributed by atoms with Gasteiger partial charge in [-0.25, -0.2) is 9.37 Å². The van der Waals surface area contributed by atoms with Crippen LogP contribution >= 0.6 is 12.4 Å². The molecule has 1 aromatic carbocycles. The van der Waals surface area contributed by atoms with Crippen molar-refractivity contribution in [1.29, 1.82) is 0 Å². The van der Waals surface area contributed by atoms with Crippen molar-refractivity contribution in [2.45, 2.75) is 25.9 Å². The molecule has 1 fully saturated rings. The third-order valence-electron chi connectivity index (χ3n) is 4.88. The zero-order valence-corrected chi connectivity index (χ0v) is 17.1. The molecule has 2 heterocycles. The number of hydrogen-bond donors (Lipinski definition) is 3. The van der Waals surface area contributed by atoms with Crippen LogP contribution < -0.4 is 16.4 Å². The van der Waals surface area contributed by atoms with Crippen LogP contribution in [0.1, 0.15) is 16.8 Å². The maximum Gasteiger partial charge on any atom is 0.123 e. The summed E-state index contributed by atoms with van der Waals surface area (Å²) < 4.78 is 19.2. The molecule has 4 N–H and O–H groups in total. The number of nitrogens with zero attached hydrogens (tertiary/aromatic N) is 1. The van der Waals surface area contributed by atoms with Crippen molar-refractivity contribution in [1.82, 2.24) is 15.6 Å². The molecule has 28 heavy (non-hydrogen) atoms. The largest absolute Gasteiger partial charge is 0.384 e. The fourth-order valence-corrected chi connectivity index (χ4v) is 3.58. The second-order valence-electron chi connectivity index (χ2n) is 7.22. The minimum absolute atomic E-state index is 0. The standard InChI is InChI=1S/C21H29FN4O.ClH/c1-15-9-19(26-21(23)10-15)12-17-13-25-14-20(17)27-8-7-24-6-5-16-3-2-4-18(22)11-16;/h2-4,9-11,17,20,24-25H,5-8,12-14H2,1H3,(H2,23,26);1H/t17-,20-;/m0./s1. The molecule has 3 rings (SSSR count). The molecule has 1 saturated heterocycles. The average molecular weight is 409 g/mol. The molecule has 1 aliphatic heterocycles. The number of anilines is 1. The van der Waals surface area contributed by atoms with Crippen LogP contribution in [0.2, 0.25) is 0 Å². The second kappa shape index (κ2) is 11.3. The van der Waals surface area contributed by atoms with Gasteiger partial charge in [-0.15, -0.1) is 12.4 Å². The monoisotopic (exact) mass is 408 g/mol. The van der Waals surface area contributed by atoms with E-state index in [0.717, 1.165) is 55.8 Å². The van der Waals surface area contributed by atoms with Crippen LogP contribution in [0.3, 0.4) is 0 Å². The Kier molecular flexibility index (Phi) is 9.12. The van der Waals surface area contributed by atoms with Crippen molar-refractivity contribution in [3.05, 3.63) is 59.0 Å². The number of aryl methyl sites for hydroxylation is 1. The van der Waals surface area contributed by atoms with Crippen molar-refractivity contribution in [3.8, 4) is 0 Å². The van der Waals surface area contributed by atoms with Crippen molar-refractivity contribution >= 4 is 18.2 Å². The molecule has 2 atom stereocenters. The van der Waals surface area contributed by atoms with Gasteiger partial charge >= 0.3 is 0 Å². The fraction of sp³-hybridized carbons (Fsp3) is 0.476. The zero-order chi connectivity index (χ0) is 19.1. The first kappa shape index (κ1) is 22.6. The van der Waals surface area contributed by atoms with E-state index in [-0.39, 0.29) is 24.3 Å². The molecule has 0 saturated carbocycles. The van der Waals surface area contributed by atoms with Gasteiger partial charge in [-0.05, 0) is 61.7 Å². The quantitative estimate of drug-likeness (QED) is 0.556. The van der Waals surface area contributed by atoms with E-state index in [4.69, 9.17) is 10.5 Å². The van der Waals surface area contributed by atoms with E-state index in [2.05, 4.69) is 21.7 Å². The number of nitrogen functional groups attached to an aromatic ring is 1. The van der Waals surface area contributed by atoms with Crippen molar-refractivity contribution in [3.63, 3.8) is 0 Å². The van der Waals surface area contributed by atoms with Crippen LogP contribution in [0.15, 0.2) is 36.4 Å². The highest BCUT2D eigenvalue weighted by molar-refractivity contribution is 5.85. The highest BCUT2D eigenvalue weighted by Gasteiger charge is 2.28. The highest BCUT2D eigenvalue weighted by atomic mass is 35.5. The summed E-state index contributed by atoms with van der Waals surface area (Å²) in [7, 11) is 0. The van der Waals surface area contributed by atoms with Crippen molar-refractivity contribution in [2.75, 3.05) is 38.5 Å². The normalized spacial score (nSPS) is 18.8. The predicted octanol–water partition coefficient (Wildman–Crippen LogP) is 2.51. The molecule has 0 amide bonds. The third kappa shape index (κ3) is 7.02. The van der Waals surface area contributed by atoms with Gasteiger partial charge in [-0.2, -0.15) is 0 Å². The Labute approximate surface area is 172 Å². The Balaban J connectivity index is 0.00000280. The lowest BCUT2D eigenvalue weighted by Crippen LogP contribution is -2.29. The van der Waals surface area contributed by atoms with E-state index >= 15 is 0 Å². The summed E-state index contributed by atoms with van der Waals surface area (Å²) in [5.41, 5.74) is 9.04. The van der Waals surface area contributed by atoms with Crippen LogP contribution in [0.5, 0.6) is 0 Å². The predicted molar refractivity (Wildman–Crippen MR) is 113 cm³/mol. The van der Waals surface area contributed by atoms with Crippen LogP contribution in [0.25, 0.3) is 0 Å². The van der Waals surface area contributed by atoms with E-state index in [1.807, 2.05) is 19.1 Å². The zero-order valence-electron chi connectivity index (χ0n) is 16.3. The summed E-state index contributed by atoms with van der Waals surface area (Å²) in [6, 6.07) is 10.7. The first-order chi connectivity index (χ1) is 13.1. The molecule has 0 bridgehead atoms. The number of rotatable bonds is 9. The number of hydrogen-bond acceptors (Lipinski definition) is 5. The number of ether oxygens (including phenoxy) is 1. The summed E-state index contributed by atoms with van der Waals surface area (Å²) in [6.45, 7) is 6.11. The van der Waals surface area contributed by atoms with Crippen LogP contribution in [-0.4, -0.2) is 43.9 Å². The summed E-state index contributed by atoms with van der Waals surface area (Å²) >= 11 is 0. The highest BCUT2D eigenvalue weighted by Crippen LogP contribution is 2.19. The lowest BCUT2D eigenvalue weighted by molar-refractivity contribution is 0.0397. The van der Waals surface area contributed by atoms with E-state index < -0.39 is 0 Å². The molecular weight excluding hydrogens is 379 g/mol. The van der Waals surface area contributed by atoms with Gasteiger partial charge in [0.15, 0.2) is 0 Å². The van der Waals surface area contributed by atoms with Crippen molar-refractivity contribution < 1.29 is 9.13 Å². The van der Waals surface area contributed by atoms with Gasteiger partial charge in [-0.1, -0.05) is 12.1 Å². The molecule has 154 valence electrons. The molecule has 2 aromatic rings. The van der Waals surface area contributed by atoms with Gasteiger partial charge in [0.05, 0.1) is 12.7 Å². The third-order valence-corrected chi connectivity index (χ3v) is 4.88. The van der Waals surface area contributed by atoms with Crippen LogP contribution in [0, 0.1) is 18.7 Å². The topological polar surface area (TPSA) is 72.2 Å². The van der Waals surface area contributed by atoms with E-state index in [1.165, 1.54) is 6.07 Å². The summed E-state index contributed by atoms with van der Waals surface area (Å²) in [5, 5.41) is 6.77. The Morgan fingerprint density at radius 2 is 2.11 bits per heavy atom. The first-order valence-electron chi connectivity index (χ1n) is 9.60. The molecule has 0 spiro atoms. The molecule has 0 unspecified atom stereocenters. The van der Waals surface area contributed by atoms with Gasteiger partial charge in [0, 0.05) is 31.2 Å². The number of aromatic nitrogens is 1. The Hall–Kier alpha value is -1.73. The molecular formula is C21H30ClFN4O. The van der Waals surface area contributed by atoms with Gasteiger partial charge in [0.2, 0.25) is 0 Å². The Morgan fingerprint density at radius 1 is 1.25 bits per heavy atom. The van der Waals surface area contributed by atoms with Gasteiger partial charge in [0.25, 0.3) is 0 Å². The van der Waals surface area contributed by atoms with E-state index in [9.17, 15) is 4.39 Å². The maximum absolute atomic E-state index is 13.1. The SMILES string of the molecule is Cc1cc(N)nc(C[C@H]2CNC[C@@H]2OCCNCCc2cccc(F)c2)c1.Cl. The van der Waals surface area contributed by atoms with Gasteiger partial charge in [0.1, 0.15) is 11.6 Å². The summed E-state index contributed by atoms with van der Waals surface area (Å²) in [5.74, 6) is 0.808. The van der Waals surface area contributed by atoms with Crippen molar-refractivity contribution in [2.24, 2.45) is 5.92 Å². The number of pyridine rings is 1. The number of halogens is 2.